The van der Waals surface area contributed by atoms with Crippen LogP contribution in [0.15, 0.2) is 0 Å². The van der Waals surface area contributed by atoms with Crippen LogP contribution in [0.4, 0.5) is 0 Å². The minimum atomic E-state index is -4.51. The largest absolute Gasteiger partial charge is 0.472 e. The number of phosphoric acid groups is 1. The highest BCUT2D eigenvalue weighted by Crippen LogP contribution is 2.43. The highest BCUT2D eigenvalue weighted by atomic mass is 31.2. The second-order valence-electron chi connectivity index (χ2n) is 18.3. The molecule has 0 aliphatic carbocycles. The molecule has 1 unspecified atom stereocenters. The van der Waals surface area contributed by atoms with Crippen molar-refractivity contribution < 1.29 is 43.0 Å². The number of unbranched alkanes of at least 4 members (excludes halogenated alkanes) is 38. The van der Waals surface area contributed by atoms with Gasteiger partial charge in [0.2, 0.25) is 0 Å². The molecule has 0 saturated heterocycles. The topological polar surface area (TPSA) is 132 Å². The summed E-state index contributed by atoms with van der Waals surface area (Å²) in [7, 11) is -4.51. The van der Waals surface area contributed by atoms with E-state index in [9.17, 15) is 19.4 Å². The highest BCUT2D eigenvalue weighted by molar-refractivity contribution is 7.47. The van der Waals surface area contributed by atoms with Gasteiger partial charge in [-0.3, -0.25) is 13.8 Å². The van der Waals surface area contributed by atoms with Crippen LogP contribution in [0.5, 0.6) is 0 Å². The molecule has 0 aliphatic rings. The summed E-state index contributed by atoms with van der Waals surface area (Å²) in [5.41, 5.74) is 0. The molecular formula is C51H103O9P. The number of ether oxygens (including phenoxy) is 2. The van der Waals surface area contributed by atoms with Crippen molar-refractivity contribution in [2.45, 2.75) is 289 Å². The molecule has 0 fully saturated rings. The summed E-state index contributed by atoms with van der Waals surface area (Å²) < 4.78 is 33.5. The predicted octanol–water partition coefficient (Wildman–Crippen LogP) is 15.4. The second-order valence-corrected chi connectivity index (χ2v) is 19.7. The minimum Gasteiger partial charge on any atom is -0.457 e. The van der Waals surface area contributed by atoms with Crippen LogP contribution in [0.2, 0.25) is 0 Å². The zero-order valence-corrected chi connectivity index (χ0v) is 41.3. The lowest BCUT2D eigenvalue weighted by Crippen LogP contribution is -2.29. The van der Waals surface area contributed by atoms with Gasteiger partial charge >= 0.3 is 13.8 Å². The molecule has 0 bridgehead atoms. The van der Waals surface area contributed by atoms with Crippen molar-refractivity contribution in [2.75, 3.05) is 33.0 Å². The third-order valence-electron chi connectivity index (χ3n) is 12.0. The third-order valence-corrected chi connectivity index (χ3v) is 13.0. The molecule has 0 heterocycles. The Morgan fingerprint density at radius 2 is 0.738 bits per heavy atom. The predicted molar refractivity (Wildman–Crippen MR) is 256 cm³/mol. The monoisotopic (exact) mass is 891 g/mol. The molecule has 0 aliphatic heterocycles. The third kappa shape index (κ3) is 48.7. The van der Waals surface area contributed by atoms with Crippen LogP contribution in [-0.2, 0) is 27.9 Å². The Morgan fingerprint density at radius 1 is 0.443 bits per heavy atom. The maximum atomic E-state index is 12.7. The van der Waals surface area contributed by atoms with Gasteiger partial charge in [-0.25, -0.2) is 4.57 Å². The molecule has 10 heteroatoms. The smallest absolute Gasteiger partial charge is 0.457 e. The Bertz CT molecular complexity index is 922. The maximum absolute atomic E-state index is 12.7. The summed E-state index contributed by atoms with van der Waals surface area (Å²) >= 11 is 0. The lowest BCUT2D eigenvalue weighted by molar-refractivity contribution is -0.154. The van der Waals surface area contributed by atoms with Crippen molar-refractivity contribution in [3.05, 3.63) is 0 Å². The van der Waals surface area contributed by atoms with Gasteiger partial charge < -0.3 is 24.6 Å². The van der Waals surface area contributed by atoms with E-state index in [1.807, 2.05) is 0 Å². The lowest BCUT2D eigenvalue weighted by Gasteiger charge is -2.20. The summed E-state index contributed by atoms with van der Waals surface area (Å²) in [6.45, 7) is 3.60. The summed E-state index contributed by atoms with van der Waals surface area (Å²) in [4.78, 5) is 22.7. The molecule has 3 atom stereocenters. The van der Waals surface area contributed by atoms with Crippen molar-refractivity contribution in [2.24, 2.45) is 0 Å². The van der Waals surface area contributed by atoms with E-state index in [0.29, 0.717) is 6.61 Å². The van der Waals surface area contributed by atoms with Gasteiger partial charge in [-0.1, -0.05) is 258 Å². The number of carbonyl (C=O) groups is 1. The van der Waals surface area contributed by atoms with Crippen molar-refractivity contribution in [3.8, 4) is 0 Å². The van der Waals surface area contributed by atoms with Crippen LogP contribution in [-0.4, -0.2) is 66.3 Å². The first-order chi connectivity index (χ1) is 29.8. The number of hydrogen-bond acceptors (Lipinski definition) is 8. The van der Waals surface area contributed by atoms with E-state index in [0.717, 1.165) is 32.1 Å². The maximum Gasteiger partial charge on any atom is 0.472 e. The Kier molecular flexibility index (Phi) is 48.5. The van der Waals surface area contributed by atoms with Crippen molar-refractivity contribution in [1.29, 1.82) is 0 Å². The fraction of sp³-hybridized carbons (Fsp3) is 0.980. The van der Waals surface area contributed by atoms with Crippen LogP contribution in [0.3, 0.4) is 0 Å². The van der Waals surface area contributed by atoms with Crippen molar-refractivity contribution >= 4 is 13.8 Å². The molecule has 0 aromatic heterocycles. The molecule has 9 nitrogen and oxygen atoms in total. The minimum absolute atomic E-state index is 0.0585. The molecule has 61 heavy (non-hydrogen) atoms. The quantitative estimate of drug-likeness (QED) is 0.0310. The van der Waals surface area contributed by atoms with Crippen LogP contribution < -0.4 is 0 Å². The fourth-order valence-corrected chi connectivity index (χ4v) is 8.80. The van der Waals surface area contributed by atoms with Crippen LogP contribution in [0.25, 0.3) is 0 Å². The first-order valence-corrected chi connectivity index (χ1v) is 28.0. The van der Waals surface area contributed by atoms with Gasteiger partial charge in [0, 0.05) is 13.0 Å². The molecule has 0 spiro atoms. The van der Waals surface area contributed by atoms with Crippen LogP contribution >= 0.6 is 7.82 Å². The number of rotatable bonds is 52. The van der Waals surface area contributed by atoms with Gasteiger partial charge in [0.25, 0.3) is 0 Å². The van der Waals surface area contributed by atoms with E-state index in [1.165, 1.54) is 225 Å². The number of esters is 1. The average Bonchev–Trinajstić information content (AvgIpc) is 3.25. The van der Waals surface area contributed by atoms with E-state index < -0.39 is 33.2 Å². The summed E-state index contributed by atoms with van der Waals surface area (Å²) in [5, 5.41) is 18.4. The van der Waals surface area contributed by atoms with Gasteiger partial charge in [-0.15, -0.1) is 0 Å². The van der Waals surface area contributed by atoms with Gasteiger partial charge in [0.05, 0.1) is 26.4 Å². The normalized spacial score (nSPS) is 13.7. The molecule has 0 radical (unpaired) electrons. The second kappa shape index (κ2) is 48.9. The van der Waals surface area contributed by atoms with Gasteiger partial charge in [0.1, 0.15) is 12.2 Å². The van der Waals surface area contributed by atoms with Gasteiger partial charge in [-0.2, -0.15) is 0 Å². The van der Waals surface area contributed by atoms with Crippen LogP contribution in [0.1, 0.15) is 277 Å². The van der Waals surface area contributed by atoms with Crippen molar-refractivity contribution in [3.63, 3.8) is 0 Å². The first kappa shape index (κ1) is 60.5. The molecule has 366 valence electrons. The van der Waals surface area contributed by atoms with E-state index >= 15 is 0 Å². The first-order valence-electron chi connectivity index (χ1n) is 26.5. The van der Waals surface area contributed by atoms with E-state index in [-0.39, 0.29) is 25.6 Å². The molecular weight excluding hydrogens is 788 g/mol. The Hall–Kier alpha value is -0.540. The zero-order valence-electron chi connectivity index (χ0n) is 40.4. The van der Waals surface area contributed by atoms with Gasteiger partial charge in [-0.05, 0) is 12.8 Å². The number of hydrogen-bond donors (Lipinski definition) is 3. The SMILES string of the molecule is CCCCCCCCCCCCCCCCCCCCCCCCCCCCC(=O)O[C@H](COCCCCCCCCCCCCCCCC)COP(=O)(O)OC[C@@H](O)CO. The fourth-order valence-electron chi connectivity index (χ4n) is 8.01. The number of aliphatic hydroxyl groups is 2. The lowest BCUT2D eigenvalue weighted by atomic mass is 10.0. The molecule has 0 amide bonds. The molecule has 0 aromatic rings. The Balaban J connectivity index is 3.92. The molecule has 3 N–H and O–H groups in total. The summed E-state index contributed by atoms with van der Waals surface area (Å²) in [6, 6.07) is 0. The summed E-state index contributed by atoms with van der Waals surface area (Å²) in [6.07, 6.45) is 50.8. The number of phosphoric ester groups is 1. The van der Waals surface area contributed by atoms with E-state index in [4.69, 9.17) is 23.6 Å². The summed E-state index contributed by atoms with van der Waals surface area (Å²) in [5.74, 6) is -0.373. The average molecular weight is 891 g/mol. The molecule has 0 rings (SSSR count). The van der Waals surface area contributed by atoms with Crippen molar-refractivity contribution in [1.82, 2.24) is 0 Å². The molecule has 0 saturated carbocycles. The Morgan fingerprint density at radius 3 is 1.07 bits per heavy atom. The number of carbonyl (C=O) groups excluding carboxylic acids is 1. The van der Waals surface area contributed by atoms with E-state index in [1.54, 1.807) is 0 Å². The standard InChI is InChI=1S/C51H103O9P/c1-3-5-7-9-11-13-15-17-19-20-21-22-23-24-25-26-27-28-29-30-31-33-35-37-39-41-43-51(54)60-50(48-59-61(55,56)58-46-49(53)45-52)47-57-44-42-40-38-36-34-32-18-16-14-12-10-8-6-4-2/h49-50,52-53H,3-48H2,1-2H3,(H,55,56)/t49-,50+/m0/s1. The van der Waals surface area contributed by atoms with Gasteiger partial charge in [0.15, 0.2) is 0 Å². The zero-order chi connectivity index (χ0) is 44.6. The highest BCUT2D eigenvalue weighted by Gasteiger charge is 2.26. The Labute approximate surface area is 378 Å². The van der Waals surface area contributed by atoms with E-state index in [2.05, 4.69) is 13.8 Å². The molecule has 0 aromatic carbocycles. The van der Waals surface area contributed by atoms with Crippen LogP contribution in [0, 0.1) is 0 Å². The number of aliphatic hydroxyl groups excluding tert-OH is 2.